The van der Waals surface area contributed by atoms with E-state index in [0.717, 1.165) is 12.8 Å². The summed E-state index contributed by atoms with van der Waals surface area (Å²) in [5.41, 5.74) is -0.519. The van der Waals surface area contributed by atoms with E-state index in [0.29, 0.717) is 23.5 Å². The lowest BCUT2D eigenvalue weighted by Gasteiger charge is -2.21. The second-order valence-electron chi connectivity index (χ2n) is 6.11. The first-order chi connectivity index (χ1) is 10.6. The molecule has 1 atom stereocenters. The fourth-order valence-corrected chi connectivity index (χ4v) is 2.85. The number of nitrogens with one attached hydrogen (secondary N) is 1. The number of alkyl halides is 1. The first kappa shape index (κ1) is 13.4. The summed E-state index contributed by atoms with van der Waals surface area (Å²) in [5.74, 6) is 0.0909. The number of fused-ring (bicyclic) bond motifs is 1. The van der Waals surface area contributed by atoms with E-state index in [1.807, 2.05) is 7.05 Å². The van der Waals surface area contributed by atoms with Crippen molar-refractivity contribution in [3.63, 3.8) is 0 Å². The van der Waals surface area contributed by atoms with Gasteiger partial charge >= 0.3 is 0 Å². The Bertz CT molecular complexity index is 742. The zero-order valence-electron chi connectivity index (χ0n) is 12.3. The molecule has 0 spiro atoms. The van der Waals surface area contributed by atoms with Crippen molar-refractivity contribution in [1.29, 1.82) is 0 Å². The Morgan fingerprint density at radius 1 is 1.41 bits per heavy atom. The molecular formula is C14H17FN6O. The lowest BCUT2D eigenvalue weighted by Crippen LogP contribution is -2.46. The third kappa shape index (κ3) is 2.10. The lowest BCUT2D eigenvalue weighted by atomic mass is 10.1. The van der Waals surface area contributed by atoms with Gasteiger partial charge < -0.3 is 14.8 Å². The molecule has 2 aliphatic rings. The topological polar surface area (TPSA) is 75.9 Å². The highest BCUT2D eigenvalue weighted by atomic mass is 19.1. The van der Waals surface area contributed by atoms with Gasteiger partial charge in [-0.3, -0.25) is 4.79 Å². The van der Waals surface area contributed by atoms with Gasteiger partial charge in [0.2, 0.25) is 5.67 Å². The fourth-order valence-electron chi connectivity index (χ4n) is 2.85. The van der Waals surface area contributed by atoms with Gasteiger partial charge in [-0.15, -0.1) is 0 Å². The zero-order chi connectivity index (χ0) is 15.3. The number of carbonyl (C=O) groups excluding carboxylic acids is 1. The first-order valence-electron chi connectivity index (χ1n) is 7.44. The van der Waals surface area contributed by atoms with E-state index in [1.165, 1.54) is 6.33 Å². The van der Waals surface area contributed by atoms with Crippen molar-refractivity contribution in [2.75, 3.05) is 18.0 Å². The van der Waals surface area contributed by atoms with Crippen molar-refractivity contribution in [2.45, 2.75) is 31.0 Å². The summed E-state index contributed by atoms with van der Waals surface area (Å²) < 4.78 is 16.7. The van der Waals surface area contributed by atoms with Crippen molar-refractivity contribution in [3.05, 3.63) is 12.7 Å². The number of rotatable bonds is 3. The van der Waals surface area contributed by atoms with E-state index < -0.39 is 11.6 Å². The summed E-state index contributed by atoms with van der Waals surface area (Å²) in [7, 11) is 1.85. The smallest absolute Gasteiger partial charge is 0.259 e. The first-order valence-corrected chi connectivity index (χ1v) is 7.44. The summed E-state index contributed by atoms with van der Waals surface area (Å²) >= 11 is 0. The normalized spacial score (nSPS) is 24.9. The van der Waals surface area contributed by atoms with E-state index >= 15 is 0 Å². The predicted octanol–water partition coefficient (Wildman–Crippen LogP) is 0.560. The molecule has 0 aromatic carbocycles. The van der Waals surface area contributed by atoms with Crippen LogP contribution in [0.15, 0.2) is 12.7 Å². The summed E-state index contributed by atoms with van der Waals surface area (Å²) in [6.07, 6.45) is 5.17. The summed E-state index contributed by atoms with van der Waals surface area (Å²) in [6.45, 7) is 0.450. The number of hydrogen-bond acceptors (Lipinski definition) is 5. The highest BCUT2D eigenvalue weighted by molar-refractivity contribution is 5.89. The minimum absolute atomic E-state index is 0.00818. The van der Waals surface area contributed by atoms with E-state index in [9.17, 15) is 9.18 Å². The van der Waals surface area contributed by atoms with Gasteiger partial charge in [-0.25, -0.2) is 19.3 Å². The SMILES string of the molecule is Cn1cnc2c(N3CCC(F)(C(=O)NC4CC4)C3)ncnc21. The average molecular weight is 304 g/mol. The Balaban J connectivity index is 1.59. The second kappa shape index (κ2) is 4.62. The zero-order valence-corrected chi connectivity index (χ0v) is 12.3. The van der Waals surface area contributed by atoms with Crippen molar-refractivity contribution in [3.8, 4) is 0 Å². The van der Waals surface area contributed by atoms with E-state index in [1.54, 1.807) is 15.8 Å². The Hall–Kier alpha value is -2.25. The van der Waals surface area contributed by atoms with Gasteiger partial charge in [-0.1, -0.05) is 0 Å². The van der Waals surface area contributed by atoms with Crippen LogP contribution < -0.4 is 10.2 Å². The summed E-state index contributed by atoms with van der Waals surface area (Å²) in [4.78, 5) is 26.6. The molecule has 22 heavy (non-hydrogen) atoms. The highest BCUT2D eigenvalue weighted by Crippen LogP contribution is 2.32. The van der Waals surface area contributed by atoms with Crippen molar-refractivity contribution in [2.24, 2.45) is 7.05 Å². The van der Waals surface area contributed by atoms with Crippen LogP contribution in [0.3, 0.4) is 0 Å². The van der Waals surface area contributed by atoms with Crippen LogP contribution in [0.25, 0.3) is 11.2 Å². The third-order valence-electron chi connectivity index (χ3n) is 4.32. The van der Waals surface area contributed by atoms with Crippen LogP contribution in [-0.4, -0.2) is 50.2 Å². The van der Waals surface area contributed by atoms with Crippen molar-refractivity contribution in [1.82, 2.24) is 24.8 Å². The van der Waals surface area contributed by atoms with Crippen LogP contribution in [-0.2, 0) is 11.8 Å². The van der Waals surface area contributed by atoms with E-state index in [4.69, 9.17) is 0 Å². The molecule has 1 amide bonds. The molecule has 0 radical (unpaired) electrons. The van der Waals surface area contributed by atoms with Gasteiger partial charge in [0.1, 0.15) is 6.33 Å². The number of hydrogen-bond donors (Lipinski definition) is 1. The monoisotopic (exact) mass is 304 g/mol. The standard InChI is InChI=1S/C14H17FN6O/c1-20-8-18-10-11(20)16-7-17-12(10)21-5-4-14(15,6-21)13(22)19-9-2-3-9/h7-9H,2-6H2,1H3,(H,19,22). The number of aryl methyl sites for hydroxylation is 1. The van der Waals surface area contributed by atoms with E-state index in [-0.39, 0.29) is 19.0 Å². The maximum atomic E-state index is 14.9. The largest absolute Gasteiger partial charge is 0.351 e. The molecule has 1 unspecified atom stereocenters. The quantitative estimate of drug-likeness (QED) is 0.897. The molecule has 1 saturated heterocycles. The molecule has 2 aromatic heterocycles. The molecule has 4 rings (SSSR count). The van der Waals surface area contributed by atoms with Gasteiger partial charge in [0.15, 0.2) is 17.0 Å². The lowest BCUT2D eigenvalue weighted by molar-refractivity contribution is -0.131. The van der Waals surface area contributed by atoms with Crippen molar-refractivity contribution < 1.29 is 9.18 Å². The third-order valence-corrected chi connectivity index (χ3v) is 4.32. The predicted molar refractivity (Wildman–Crippen MR) is 78.1 cm³/mol. The number of carbonyl (C=O) groups is 1. The Labute approximate surface area is 126 Å². The minimum atomic E-state index is -1.85. The van der Waals surface area contributed by atoms with Crippen LogP contribution >= 0.6 is 0 Å². The molecule has 7 nitrogen and oxygen atoms in total. The number of amides is 1. The molecule has 116 valence electrons. The van der Waals surface area contributed by atoms with Crippen molar-refractivity contribution >= 4 is 22.9 Å². The van der Waals surface area contributed by atoms with E-state index in [2.05, 4.69) is 20.3 Å². The number of halogens is 1. The van der Waals surface area contributed by atoms with Crippen LogP contribution in [0.4, 0.5) is 10.2 Å². The van der Waals surface area contributed by atoms with Gasteiger partial charge in [0.05, 0.1) is 12.9 Å². The van der Waals surface area contributed by atoms with Gasteiger partial charge in [-0.2, -0.15) is 0 Å². The number of imidazole rings is 1. The summed E-state index contributed by atoms with van der Waals surface area (Å²) in [6, 6.07) is 0.163. The molecule has 1 saturated carbocycles. The van der Waals surface area contributed by atoms with Crippen LogP contribution in [0.5, 0.6) is 0 Å². The number of nitrogens with zero attached hydrogens (tertiary/aromatic N) is 5. The Morgan fingerprint density at radius 2 is 2.23 bits per heavy atom. The number of aromatic nitrogens is 4. The summed E-state index contributed by atoms with van der Waals surface area (Å²) in [5, 5.41) is 2.76. The number of anilines is 1. The average Bonchev–Trinajstić information content (AvgIpc) is 3.11. The van der Waals surface area contributed by atoms with Gasteiger partial charge in [0.25, 0.3) is 5.91 Å². The highest BCUT2D eigenvalue weighted by Gasteiger charge is 2.47. The molecular weight excluding hydrogens is 287 g/mol. The molecule has 3 heterocycles. The van der Waals surface area contributed by atoms with Crippen LogP contribution in [0, 0.1) is 0 Å². The second-order valence-corrected chi connectivity index (χ2v) is 6.11. The van der Waals surface area contributed by atoms with Gasteiger partial charge in [0, 0.05) is 26.1 Å². The molecule has 2 fully saturated rings. The maximum Gasteiger partial charge on any atom is 0.259 e. The molecule has 1 aliphatic carbocycles. The van der Waals surface area contributed by atoms with Gasteiger partial charge in [-0.05, 0) is 12.8 Å². The van der Waals surface area contributed by atoms with Crippen LogP contribution in [0.1, 0.15) is 19.3 Å². The molecule has 1 aliphatic heterocycles. The fraction of sp³-hybridized carbons (Fsp3) is 0.571. The minimum Gasteiger partial charge on any atom is -0.351 e. The van der Waals surface area contributed by atoms with Crippen LogP contribution in [0.2, 0.25) is 0 Å². The molecule has 2 aromatic rings. The maximum absolute atomic E-state index is 14.9. The molecule has 8 heteroatoms. The molecule has 1 N–H and O–H groups in total. The Kier molecular flexibility index (Phi) is 2.82. The Morgan fingerprint density at radius 3 is 3.00 bits per heavy atom. The molecule has 0 bridgehead atoms.